The van der Waals surface area contributed by atoms with E-state index in [1.165, 1.54) is 0 Å². The van der Waals surface area contributed by atoms with E-state index in [2.05, 4.69) is 49.1 Å². The summed E-state index contributed by atoms with van der Waals surface area (Å²) >= 11 is 5.97. The summed E-state index contributed by atoms with van der Waals surface area (Å²) in [5.41, 5.74) is 1.70. The minimum Gasteiger partial charge on any atom is -0.489 e. The molecule has 5 rings (SSSR count). The van der Waals surface area contributed by atoms with E-state index in [-0.39, 0.29) is 41.5 Å². The Morgan fingerprint density at radius 1 is 1.19 bits per heavy atom. The van der Waals surface area contributed by atoms with Crippen LogP contribution in [0.2, 0.25) is 23.2 Å². The summed E-state index contributed by atoms with van der Waals surface area (Å²) in [5.74, 6) is 1.04. The van der Waals surface area contributed by atoms with Crippen molar-refractivity contribution in [3.05, 3.63) is 64.9 Å². The fraction of sp³-hybridized carbons (Fsp3) is 0.467. The van der Waals surface area contributed by atoms with E-state index >= 15 is 0 Å². The van der Waals surface area contributed by atoms with Gasteiger partial charge in [-0.1, -0.05) is 44.5 Å². The maximum absolute atomic E-state index is 13.1. The Morgan fingerprint density at radius 3 is 2.69 bits per heavy atom. The highest BCUT2D eigenvalue weighted by molar-refractivity contribution is 6.74. The van der Waals surface area contributed by atoms with E-state index in [0.717, 1.165) is 5.56 Å². The molecule has 4 heterocycles. The van der Waals surface area contributed by atoms with Crippen molar-refractivity contribution >= 4 is 31.9 Å². The number of ether oxygens (including phenoxy) is 2. The minimum absolute atomic E-state index is 0.0342. The monoisotopic (exact) mass is 612 g/mol. The van der Waals surface area contributed by atoms with Crippen molar-refractivity contribution in [1.82, 2.24) is 20.2 Å². The van der Waals surface area contributed by atoms with E-state index in [9.17, 15) is 9.59 Å². The molecule has 0 radical (unpaired) electrons. The summed E-state index contributed by atoms with van der Waals surface area (Å²) in [5, 5.41) is 3.59. The first-order valence-corrected chi connectivity index (χ1v) is 17.4. The average molecular weight is 613 g/mol. The lowest BCUT2D eigenvalue weighted by molar-refractivity contribution is 0.0914. The van der Waals surface area contributed by atoms with Gasteiger partial charge < -0.3 is 28.5 Å². The van der Waals surface area contributed by atoms with Gasteiger partial charge in [0.1, 0.15) is 30.8 Å². The van der Waals surface area contributed by atoms with E-state index in [4.69, 9.17) is 29.9 Å². The molecule has 1 N–H and O–H groups in total. The summed E-state index contributed by atoms with van der Waals surface area (Å²) in [6.45, 7) is 12.4. The van der Waals surface area contributed by atoms with Gasteiger partial charge in [0.05, 0.1) is 17.8 Å². The number of halogens is 1. The molecule has 0 spiro atoms. The summed E-state index contributed by atoms with van der Waals surface area (Å²) in [6.07, 6.45) is 3.98. The Kier molecular flexibility index (Phi) is 8.63. The smallest absolute Gasteiger partial charge is 0.410 e. The standard InChI is InChI=1S/C30H37ClN4O6Si/c1-30(2,3)42(4,5)39-18-27-33-16-26(41-27)23-15-32-24(28(36)34-14-19-6-8-20(31)9-7-19)13-25(23)40-22-10-11-35-21(12-22)17-38-29(35)37/h6-9,13,15-16,21-22H,10-12,14,17-18H2,1-5H3,(H,34,36)/t21-,22-/m0/s1. The van der Waals surface area contributed by atoms with Crippen molar-refractivity contribution in [2.24, 2.45) is 0 Å². The molecule has 2 amide bonds. The van der Waals surface area contributed by atoms with E-state index in [1.807, 2.05) is 12.1 Å². The second kappa shape index (κ2) is 12.1. The van der Waals surface area contributed by atoms with E-state index in [1.54, 1.807) is 35.5 Å². The van der Waals surface area contributed by atoms with Crippen LogP contribution < -0.4 is 10.1 Å². The molecule has 0 unspecified atom stereocenters. The molecule has 0 bridgehead atoms. The van der Waals surface area contributed by atoms with Crippen LogP contribution in [0.15, 0.2) is 47.1 Å². The lowest BCUT2D eigenvalue weighted by atomic mass is 10.0. The second-order valence-corrected chi connectivity index (χ2v) is 17.5. The van der Waals surface area contributed by atoms with Crippen molar-refractivity contribution in [2.75, 3.05) is 13.2 Å². The van der Waals surface area contributed by atoms with Gasteiger partial charge in [0.15, 0.2) is 14.1 Å². The normalized spacial score (nSPS) is 18.9. The fourth-order valence-electron chi connectivity index (χ4n) is 4.63. The summed E-state index contributed by atoms with van der Waals surface area (Å²) < 4.78 is 24.1. The molecule has 42 heavy (non-hydrogen) atoms. The molecular formula is C30H37ClN4O6Si. The molecule has 2 atom stereocenters. The Hall–Kier alpha value is -3.41. The van der Waals surface area contributed by atoms with Crippen LogP contribution in [0, 0.1) is 0 Å². The van der Waals surface area contributed by atoms with Gasteiger partial charge in [0.25, 0.3) is 5.91 Å². The molecule has 3 aromatic rings. The number of aromatic nitrogens is 2. The van der Waals surface area contributed by atoms with Crippen LogP contribution in [0.25, 0.3) is 11.3 Å². The van der Waals surface area contributed by atoms with Crippen LogP contribution in [0.5, 0.6) is 5.75 Å². The number of rotatable bonds is 9. The highest BCUT2D eigenvalue weighted by atomic mass is 35.5. The third kappa shape index (κ3) is 6.79. The maximum Gasteiger partial charge on any atom is 0.410 e. The highest BCUT2D eigenvalue weighted by Crippen LogP contribution is 2.38. The van der Waals surface area contributed by atoms with Crippen LogP contribution in [0.1, 0.15) is 55.6 Å². The molecule has 0 aliphatic carbocycles. The number of cyclic esters (lactones) is 1. The van der Waals surface area contributed by atoms with Gasteiger partial charge in [0, 0.05) is 43.2 Å². The van der Waals surface area contributed by atoms with Gasteiger partial charge in [0.2, 0.25) is 5.89 Å². The number of benzene rings is 1. The lowest BCUT2D eigenvalue weighted by Gasteiger charge is -2.35. The number of hydrogen-bond acceptors (Lipinski definition) is 8. The average Bonchev–Trinajstić information content (AvgIpc) is 3.57. The van der Waals surface area contributed by atoms with Gasteiger partial charge in [-0.05, 0) is 35.8 Å². The Balaban J connectivity index is 1.35. The van der Waals surface area contributed by atoms with Crippen LogP contribution in [0.4, 0.5) is 4.79 Å². The number of amides is 2. The molecule has 2 saturated heterocycles. The molecule has 2 aromatic heterocycles. The zero-order chi connectivity index (χ0) is 30.1. The van der Waals surface area contributed by atoms with Crippen LogP contribution in [-0.2, 0) is 22.3 Å². The van der Waals surface area contributed by atoms with Gasteiger partial charge in [-0.3, -0.25) is 9.78 Å². The number of oxazole rings is 1. The van der Waals surface area contributed by atoms with E-state index in [0.29, 0.717) is 60.5 Å². The molecule has 0 saturated carbocycles. The van der Waals surface area contributed by atoms with Crippen LogP contribution >= 0.6 is 11.6 Å². The van der Waals surface area contributed by atoms with Crippen LogP contribution in [0.3, 0.4) is 0 Å². The summed E-state index contributed by atoms with van der Waals surface area (Å²) in [4.78, 5) is 35.6. The predicted molar refractivity (Wildman–Crippen MR) is 160 cm³/mol. The first kappa shape index (κ1) is 30.1. The number of nitrogens with zero attached hydrogens (tertiary/aromatic N) is 3. The molecule has 2 aliphatic rings. The third-order valence-electron chi connectivity index (χ3n) is 8.24. The molecule has 2 fully saturated rings. The van der Waals surface area contributed by atoms with E-state index < -0.39 is 8.32 Å². The summed E-state index contributed by atoms with van der Waals surface area (Å²) in [6, 6.07) is 8.86. The number of pyridine rings is 1. The van der Waals surface area contributed by atoms with Gasteiger partial charge >= 0.3 is 6.09 Å². The molecular weight excluding hydrogens is 576 g/mol. The lowest BCUT2D eigenvalue weighted by Crippen LogP contribution is -2.44. The molecule has 12 heteroatoms. The van der Waals surface area contributed by atoms with Crippen molar-refractivity contribution in [1.29, 1.82) is 0 Å². The zero-order valence-electron chi connectivity index (χ0n) is 24.6. The second-order valence-electron chi connectivity index (χ2n) is 12.2. The molecule has 10 nitrogen and oxygen atoms in total. The number of piperidine rings is 1. The number of nitrogens with one attached hydrogen (secondary N) is 1. The van der Waals surface area contributed by atoms with Crippen molar-refractivity contribution in [3.63, 3.8) is 0 Å². The fourth-order valence-corrected chi connectivity index (χ4v) is 5.67. The Labute approximate surface area is 251 Å². The largest absolute Gasteiger partial charge is 0.489 e. The zero-order valence-corrected chi connectivity index (χ0v) is 26.4. The minimum atomic E-state index is -2.00. The number of carbonyl (C=O) groups excluding carboxylic acids is 2. The number of carbonyl (C=O) groups is 2. The Morgan fingerprint density at radius 2 is 1.95 bits per heavy atom. The molecule has 224 valence electrons. The quantitative estimate of drug-likeness (QED) is 0.284. The predicted octanol–water partition coefficient (Wildman–Crippen LogP) is 6.20. The maximum atomic E-state index is 13.1. The highest BCUT2D eigenvalue weighted by Gasteiger charge is 2.39. The number of fused-ring (bicyclic) bond motifs is 1. The third-order valence-corrected chi connectivity index (χ3v) is 13.0. The van der Waals surface area contributed by atoms with Gasteiger partial charge in [-0.25, -0.2) is 9.78 Å². The topological polar surface area (TPSA) is 116 Å². The molecule has 2 aliphatic heterocycles. The SMILES string of the molecule is CC(C)(C)[Si](C)(C)OCc1ncc(-c2cnc(C(=O)NCc3ccc(Cl)cc3)cc2O[C@H]2CCN3C(=O)OC[C@@H]3C2)o1. The first-order valence-electron chi connectivity index (χ1n) is 14.1. The van der Waals surface area contributed by atoms with Crippen LogP contribution in [-0.4, -0.2) is 60.5 Å². The Bertz CT molecular complexity index is 1440. The summed E-state index contributed by atoms with van der Waals surface area (Å²) in [7, 11) is -2.00. The first-order chi connectivity index (χ1) is 19.9. The van der Waals surface area contributed by atoms with Crippen molar-refractivity contribution in [3.8, 4) is 17.1 Å². The van der Waals surface area contributed by atoms with Crippen molar-refractivity contribution in [2.45, 2.75) is 77.0 Å². The van der Waals surface area contributed by atoms with Gasteiger partial charge in [-0.2, -0.15) is 0 Å². The van der Waals surface area contributed by atoms with Crippen molar-refractivity contribution < 1.29 is 27.9 Å². The molecule has 1 aromatic carbocycles. The number of hydrogen-bond donors (Lipinski definition) is 1. The van der Waals surface area contributed by atoms with Gasteiger partial charge in [-0.15, -0.1) is 0 Å².